The van der Waals surface area contributed by atoms with Gasteiger partial charge in [0.05, 0.1) is 11.4 Å². The number of hydrogen-bond donors (Lipinski definition) is 1. The van der Waals surface area contributed by atoms with E-state index in [2.05, 4.69) is 17.4 Å². The van der Waals surface area contributed by atoms with Crippen LogP contribution in [0.4, 0.5) is 4.79 Å². The van der Waals surface area contributed by atoms with Gasteiger partial charge < -0.3 is 9.84 Å². The third-order valence-electron chi connectivity index (χ3n) is 5.02. The molecular weight excluding hydrogens is 326 g/mol. The Bertz CT molecular complexity index is 760. The van der Waals surface area contributed by atoms with E-state index in [1.54, 1.807) is 17.4 Å². The van der Waals surface area contributed by atoms with E-state index in [0.29, 0.717) is 30.2 Å². The molecule has 24 heavy (non-hydrogen) atoms. The van der Waals surface area contributed by atoms with Gasteiger partial charge in [-0.2, -0.15) is 0 Å². The van der Waals surface area contributed by atoms with Crippen molar-refractivity contribution in [2.75, 3.05) is 0 Å². The number of imide groups is 1. The molecule has 2 aromatic rings. The Labute approximate surface area is 143 Å². The zero-order valence-corrected chi connectivity index (χ0v) is 14.3. The predicted molar refractivity (Wildman–Crippen MR) is 89.3 cm³/mol. The second kappa shape index (κ2) is 5.73. The van der Waals surface area contributed by atoms with E-state index in [4.69, 9.17) is 4.52 Å². The van der Waals surface area contributed by atoms with Gasteiger partial charge in [0.2, 0.25) is 0 Å². The van der Waals surface area contributed by atoms with Crippen LogP contribution in [0, 0.1) is 5.92 Å². The number of thiophene rings is 1. The molecule has 0 radical (unpaired) electrons. The van der Waals surface area contributed by atoms with E-state index in [1.165, 1.54) is 4.90 Å². The topological polar surface area (TPSA) is 75.4 Å². The zero-order chi connectivity index (χ0) is 16.7. The Morgan fingerprint density at radius 3 is 2.92 bits per heavy atom. The van der Waals surface area contributed by atoms with E-state index in [0.717, 1.165) is 17.7 Å². The van der Waals surface area contributed by atoms with Gasteiger partial charge in [-0.05, 0) is 43.0 Å². The van der Waals surface area contributed by atoms with E-state index < -0.39 is 5.54 Å². The van der Waals surface area contributed by atoms with Gasteiger partial charge in [0.1, 0.15) is 11.2 Å². The van der Waals surface area contributed by atoms with Gasteiger partial charge in [-0.15, -0.1) is 11.3 Å². The minimum absolute atomic E-state index is 0.125. The van der Waals surface area contributed by atoms with Crippen LogP contribution in [0.25, 0.3) is 10.6 Å². The van der Waals surface area contributed by atoms with Crippen molar-refractivity contribution in [2.45, 2.75) is 44.7 Å². The van der Waals surface area contributed by atoms with Crippen LogP contribution in [0.2, 0.25) is 0 Å². The van der Waals surface area contributed by atoms with Crippen molar-refractivity contribution in [2.24, 2.45) is 5.92 Å². The van der Waals surface area contributed by atoms with Gasteiger partial charge in [-0.3, -0.25) is 9.69 Å². The number of nitrogens with zero attached hydrogens (tertiary/aromatic N) is 2. The molecule has 0 bridgehead atoms. The molecule has 7 heteroatoms. The highest BCUT2D eigenvalue weighted by molar-refractivity contribution is 7.13. The van der Waals surface area contributed by atoms with Crippen molar-refractivity contribution >= 4 is 23.3 Å². The van der Waals surface area contributed by atoms with Gasteiger partial charge in [0, 0.05) is 6.07 Å². The molecular formula is C17H19N3O3S. The summed E-state index contributed by atoms with van der Waals surface area (Å²) in [5, 5.41) is 8.89. The average Bonchev–Trinajstić information content (AvgIpc) is 3.28. The van der Waals surface area contributed by atoms with Crippen molar-refractivity contribution in [3.8, 4) is 10.6 Å². The summed E-state index contributed by atoms with van der Waals surface area (Å²) in [5.41, 5.74) is -0.118. The maximum absolute atomic E-state index is 12.8. The van der Waals surface area contributed by atoms with E-state index in [-0.39, 0.29) is 18.5 Å². The Balaban J connectivity index is 1.51. The van der Waals surface area contributed by atoms with Crippen molar-refractivity contribution in [1.29, 1.82) is 0 Å². The predicted octanol–water partition coefficient (Wildman–Crippen LogP) is 3.40. The minimum Gasteiger partial charge on any atom is -0.355 e. The summed E-state index contributed by atoms with van der Waals surface area (Å²) in [5.74, 6) is 1.15. The first-order chi connectivity index (χ1) is 11.6. The molecule has 1 saturated heterocycles. The number of nitrogens with one attached hydrogen (secondary N) is 1. The Kier molecular flexibility index (Phi) is 3.68. The lowest BCUT2D eigenvalue weighted by Crippen LogP contribution is -2.49. The van der Waals surface area contributed by atoms with Gasteiger partial charge in [-0.1, -0.05) is 18.1 Å². The smallest absolute Gasteiger partial charge is 0.325 e. The first-order valence-electron chi connectivity index (χ1n) is 8.21. The largest absolute Gasteiger partial charge is 0.355 e. The molecule has 1 saturated carbocycles. The minimum atomic E-state index is -0.704. The standard InChI is InChI=1S/C17H19N3O3S/c1-11-4-6-17(7-5-11)15(21)20(16(22)18-17)10-12-9-13(23-19-12)14-3-2-8-24-14/h2-3,8-9,11H,4-7,10H2,1H3,(H,18,22). The molecule has 126 valence electrons. The van der Waals surface area contributed by atoms with E-state index >= 15 is 0 Å². The van der Waals surface area contributed by atoms with Crippen LogP contribution >= 0.6 is 11.3 Å². The summed E-state index contributed by atoms with van der Waals surface area (Å²) in [6.45, 7) is 2.34. The van der Waals surface area contributed by atoms with Gasteiger partial charge in [-0.25, -0.2) is 4.79 Å². The molecule has 6 nitrogen and oxygen atoms in total. The first-order valence-corrected chi connectivity index (χ1v) is 9.09. The molecule has 0 aromatic carbocycles. The van der Waals surface area contributed by atoms with Gasteiger partial charge in [0.25, 0.3) is 5.91 Å². The molecule has 3 amide bonds. The summed E-state index contributed by atoms with van der Waals surface area (Å²) >= 11 is 1.56. The van der Waals surface area contributed by atoms with E-state index in [9.17, 15) is 9.59 Å². The number of carbonyl (C=O) groups excluding carboxylic acids is 2. The molecule has 1 aliphatic heterocycles. The Morgan fingerprint density at radius 1 is 1.42 bits per heavy atom. The fourth-order valence-corrected chi connectivity index (χ4v) is 4.17. The zero-order valence-electron chi connectivity index (χ0n) is 13.4. The van der Waals surface area contributed by atoms with Crippen LogP contribution in [0.1, 0.15) is 38.3 Å². The fourth-order valence-electron chi connectivity index (χ4n) is 3.50. The SMILES string of the molecule is CC1CCC2(CC1)NC(=O)N(Cc1cc(-c3cccs3)on1)C2=O. The molecule has 4 rings (SSSR count). The summed E-state index contributed by atoms with van der Waals surface area (Å²) in [4.78, 5) is 27.4. The van der Waals surface area contributed by atoms with Gasteiger partial charge in [0.15, 0.2) is 5.76 Å². The van der Waals surface area contributed by atoms with Crippen LogP contribution in [-0.4, -0.2) is 27.5 Å². The van der Waals surface area contributed by atoms with Crippen LogP contribution in [0.15, 0.2) is 28.1 Å². The maximum Gasteiger partial charge on any atom is 0.325 e. The molecule has 0 atom stereocenters. The van der Waals surface area contributed by atoms with Crippen molar-refractivity contribution in [3.63, 3.8) is 0 Å². The summed E-state index contributed by atoms with van der Waals surface area (Å²) in [6.07, 6.45) is 3.36. The van der Waals surface area contributed by atoms with Crippen LogP contribution in [0.3, 0.4) is 0 Å². The number of hydrogen-bond acceptors (Lipinski definition) is 5. The summed E-state index contributed by atoms with van der Waals surface area (Å²) in [7, 11) is 0. The lowest BCUT2D eigenvalue weighted by molar-refractivity contribution is -0.133. The molecule has 1 N–H and O–H groups in total. The molecule has 1 spiro atoms. The lowest BCUT2D eigenvalue weighted by atomic mass is 9.77. The van der Waals surface area contributed by atoms with E-state index in [1.807, 2.05) is 17.5 Å². The highest BCUT2D eigenvalue weighted by atomic mass is 32.1. The molecule has 2 fully saturated rings. The maximum atomic E-state index is 12.8. The van der Waals surface area contributed by atoms with Crippen LogP contribution in [0.5, 0.6) is 0 Å². The van der Waals surface area contributed by atoms with Crippen molar-refractivity contribution in [3.05, 3.63) is 29.3 Å². The Hall–Kier alpha value is -2.15. The molecule has 2 aromatic heterocycles. The number of urea groups is 1. The lowest BCUT2D eigenvalue weighted by Gasteiger charge is -2.33. The normalized spacial score (nSPS) is 27.0. The van der Waals surface area contributed by atoms with Crippen molar-refractivity contribution in [1.82, 2.24) is 15.4 Å². The average molecular weight is 345 g/mol. The third kappa shape index (κ3) is 2.53. The summed E-state index contributed by atoms with van der Waals surface area (Å²) in [6, 6.07) is 5.35. The fraction of sp³-hybridized carbons (Fsp3) is 0.471. The molecule has 1 aliphatic carbocycles. The molecule has 0 unspecified atom stereocenters. The molecule has 2 aliphatic rings. The molecule has 3 heterocycles. The number of rotatable bonds is 3. The van der Waals surface area contributed by atoms with Gasteiger partial charge >= 0.3 is 6.03 Å². The Morgan fingerprint density at radius 2 is 2.21 bits per heavy atom. The number of amides is 3. The monoisotopic (exact) mass is 345 g/mol. The second-order valence-corrected chi connectivity index (χ2v) is 7.69. The quantitative estimate of drug-likeness (QED) is 0.865. The third-order valence-corrected chi connectivity index (χ3v) is 5.90. The van der Waals surface area contributed by atoms with Crippen LogP contribution in [-0.2, 0) is 11.3 Å². The summed E-state index contributed by atoms with van der Waals surface area (Å²) < 4.78 is 5.33. The number of carbonyl (C=O) groups is 2. The first kappa shape index (κ1) is 15.4. The second-order valence-electron chi connectivity index (χ2n) is 6.75. The highest BCUT2D eigenvalue weighted by Crippen LogP contribution is 2.37. The highest BCUT2D eigenvalue weighted by Gasteiger charge is 2.52. The van der Waals surface area contributed by atoms with Crippen molar-refractivity contribution < 1.29 is 14.1 Å². The van der Waals surface area contributed by atoms with Crippen LogP contribution < -0.4 is 5.32 Å². The number of aromatic nitrogens is 1.